The van der Waals surface area contributed by atoms with E-state index in [1.54, 1.807) is 0 Å². The molecule has 116 valence electrons. The second-order valence-corrected chi connectivity index (χ2v) is 5.87. The molecule has 3 rings (SSSR count). The lowest BCUT2D eigenvalue weighted by atomic mass is 10.1. The van der Waals surface area contributed by atoms with Crippen LogP contribution in [0.2, 0.25) is 0 Å². The van der Waals surface area contributed by atoms with Crippen molar-refractivity contribution < 1.29 is 5.11 Å². The normalized spacial score (nSPS) is 23.4. The molecular weight excluding hydrogens is 268 g/mol. The van der Waals surface area contributed by atoms with Gasteiger partial charge in [0.1, 0.15) is 0 Å². The Balaban J connectivity index is 1.88. The summed E-state index contributed by atoms with van der Waals surface area (Å²) < 4.78 is 0. The molecule has 0 spiro atoms. The highest BCUT2D eigenvalue weighted by Crippen LogP contribution is 2.24. The summed E-state index contributed by atoms with van der Waals surface area (Å²) in [5, 5.41) is 9.64. The first-order valence-electron chi connectivity index (χ1n) is 7.92. The first-order valence-corrected chi connectivity index (χ1v) is 7.92. The zero-order valence-electron chi connectivity index (χ0n) is 12.4. The Morgan fingerprint density at radius 3 is 2.43 bits per heavy atom. The highest BCUT2D eigenvalue weighted by molar-refractivity contribution is 5.44. The van der Waals surface area contributed by atoms with E-state index in [-0.39, 0.29) is 18.6 Å². The monoisotopic (exact) mass is 292 g/mol. The van der Waals surface area contributed by atoms with Gasteiger partial charge in [0.15, 0.2) is 0 Å². The van der Waals surface area contributed by atoms with Gasteiger partial charge >= 0.3 is 0 Å². The quantitative estimate of drug-likeness (QED) is 0.851. The van der Waals surface area contributed by atoms with Gasteiger partial charge < -0.3 is 20.6 Å². The fourth-order valence-corrected chi connectivity index (χ4v) is 3.19. The standard InChI is InChI=1S/C14H24N6O/c15-12-16-13(19-7-4-5-8-19)18-14(17-12)20-9-3-1-2-6-11(20)10-21/h11,21H,1-10H2,(H2,15,16,17,18). The smallest absolute Gasteiger partial charge is 0.232 e. The van der Waals surface area contributed by atoms with Crippen molar-refractivity contribution in [3.8, 4) is 0 Å². The van der Waals surface area contributed by atoms with E-state index in [1.165, 1.54) is 19.3 Å². The van der Waals surface area contributed by atoms with Crippen molar-refractivity contribution in [3.05, 3.63) is 0 Å². The topological polar surface area (TPSA) is 91.4 Å². The largest absolute Gasteiger partial charge is 0.394 e. The summed E-state index contributed by atoms with van der Waals surface area (Å²) in [4.78, 5) is 17.5. The number of anilines is 3. The molecule has 7 nitrogen and oxygen atoms in total. The summed E-state index contributed by atoms with van der Waals surface area (Å²) >= 11 is 0. The molecule has 7 heteroatoms. The van der Waals surface area contributed by atoms with Crippen LogP contribution in [0.1, 0.15) is 38.5 Å². The predicted molar refractivity (Wildman–Crippen MR) is 82.4 cm³/mol. The van der Waals surface area contributed by atoms with E-state index in [0.29, 0.717) is 11.9 Å². The zero-order valence-corrected chi connectivity index (χ0v) is 12.4. The number of rotatable bonds is 3. The molecule has 0 aliphatic carbocycles. The first kappa shape index (κ1) is 14.3. The van der Waals surface area contributed by atoms with Crippen molar-refractivity contribution in [1.29, 1.82) is 0 Å². The summed E-state index contributed by atoms with van der Waals surface area (Å²) in [6, 6.07) is 0.0840. The minimum Gasteiger partial charge on any atom is -0.394 e. The van der Waals surface area contributed by atoms with Gasteiger partial charge in [-0.2, -0.15) is 15.0 Å². The van der Waals surface area contributed by atoms with Crippen LogP contribution in [0.15, 0.2) is 0 Å². The minimum absolute atomic E-state index is 0.0840. The van der Waals surface area contributed by atoms with Gasteiger partial charge in [0.05, 0.1) is 12.6 Å². The van der Waals surface area contributed by atoms with E-state index in [2.05, 4.69) is 24.8 Å². The van der Waals surface area contributed by atoms with Gasteiger partial charge in [0, 0.05) is 19.6 Å². The average molecular weight is 292 g/mol. The second kappa shape index (κ2) is 6.43. The third-order valence-electron chi connectivity index (χ3n) is 4.36. The van der Waals surface area contributed by atoms with Crippen LogP contribution in [0, 0.1) is 0 Å². The zero-order chi connectivity index (χ0) is 14.7. The van der Waals surface area contributed by atoms with Crippen LogP contribution in [0.4, 0.5) is 17.8 Å². The van der Waals surface area contributed by atoms with Crippen LogP contribution in [-0.4, -0.2) is 52.3 Å². The predicted octanol–water partition coefficient (Wildman–Crippen LogP) is 0.795. The molecule has 0 amide bonds. The number of hydrogen-bond donors (Lipinski definition) is 2. The van der Waals surface area contributed by atoms with E-state index in [4.69, 9.17) is 5.73 Å². The third-order valence-corrected chi connectivity index (χ3v) is 4.36. The number of aromatic nitrogens is 3. The van der Waals surface area contributed by atoms with E-state index in [1.807, 2.05) is 0 Å². The van der Waals surface area contributed by atoms with Crippen molar-refractivity contribution in [2.24, 2.45) is 0 Å². The van der Waals surface area contributed by atoms with Gasteiger partial charge in [-0.15, -0.1) is 0 Å². The Hall–Kier alpha value is -1.63. The highest BCUT2D eigenvalue weighted by atomic mass is 16.3. The van der Waals surface area contributed by atoms with Gasteiger partial charge in [0.25, 0.3) is 0 Å². The number of aliphatic hydroxyl groups is 1. The molecule has 1 aromatic rings. The number of hydrogen-bond acceptors (Lipinski definition) is 7. The van der Waals surface area contributed by atoms with Crippen LogP contribution in [-0.2, 0) is 0 Å². The maximum atomic E-state index is 9.64. The maximum absolute atomic E-state index is 9.64. The molecule has 0 bridgehead atoms. The molecule has 2 aliphatic heterocycles. The molecule has 1 unspecified atom stereocenters. The van der Waals surface area contributed by atoms with Crippen LogP contribution in [0.3, 0.4) is 0 Å². The summed E-state index contributed by atoms with van der Waals surface area (Å²) in [5.41, 5.74) is 5.88. The molecule has 3 N–H and O–H groups in total. The summed E-state index contributed by atoms with van der Waals surface area (Å²) in [6.07, 6.45) is 6.74. The molecule has 0 radical (unpaired) electrons. The van der Waals surface area contributed by atoms with Crippen molar-refractivity contribution in [3.63, 3.8) is 0 Å². The Kier molecular flexibility index (Phi) is 4.38. The Morgan fingerprint density at radius 1 is 0.952 bits per heavy atom. The lowest BCUT2D eigenvalue weighted by Gasteiger charge is -2.29. The molecular formula is C14H24N6O. The molecule has 0 aromatic carbocycles. The van der Waals surface area contributed by atoms with Crippen molar-refractivity contribution >= 4 is 17.8 Å². The molecule has 1 atom stereocenters. The molecule has 2 saturated heterocycles. The summed E-state index contributed by atoms with van der Waals surface area (Å²) in [7, 11) is 0. The number of nitrogens with two attached hydrogens (primary N) is 1. The van der Waals surface area contributed by atoms with E-state index >= 15 is 0 Å². The third kappa shape index (κ3) is 3.18. The molecule has 21 heavy (non-hydrogen) atoms. The Labute approximate surface area is 125 Å². The Bertz CT molecular complexity index is 477. The molecule has 0 saturated carbocycles. The summed E-state index contributed by atoms with van der Waals surface area (Å²) in [5.74, 6) is 1.56. The minimum atomic E-state index is 0.0840. The lowest BCUT2D eigenvalue weighted by molar-refractivity contribution is 0.254. The van der Waals surface area contributed by atoms with Crippen molar-refractivity contribution in [2.45, 2.75) is 44.6 Å². The van der Waals surface area contributed by atoms with Crippen LogP contribution in [0.25, 0.3) is 0 Å². The molecule has 1 aromatic heterocycles. The van der Waals surface area contributed by atoms with Crippen LogP contribution in [0.5, 0.6) is 0 Å². The second-order valence-electron chi connectivity index (χ2n) is 5.87. The fraction of sp³-hybridized carbons (Fsp3) is 0.786. The van der Waals surface area contributed by atoms with Gasteiger partial charge in [-0.1, -0.05) is 12.8 Å². The maximum Gasteiger partial charge on any atom is 0.232 e. The number of aliphatic hydroxyl groups excluding tert-OH is 1. The van der Waals surface area contributed by atoms with Gasteiger partial charge in [-0.05, 0) is 25.7 Å². The summed E-state index contributed by atoms with van der Waals surface area (Å²) in [6.45, 7) is 2.96. The molecule has 3 heterocycles. The number of nitrogens with zero attached hydrogens (tertiary/aromatic N) is 5. The highest BCUT2D eigenvalue weighted by Gasteiger charge is 2.25. The van der Waals surface area contributed by atoms with E-state index < -0.39 is 0 Å². The molecule has 2 fully saturated rings. The van der Waals surface area contributed by atoms with Crippen molar-refractivity contribution in [1.82, 2.24) is 15.0 Å². The Morgan fingerprint density at radius 2 is 1.67 bits per heavy atom. The lowest BCUT2D eigenvalue weighted by Crippen LogP contribution is -2.39. The SMILES string of the molecule is Nc1nc(N2CCCC2)nc(N2CCCCCC2CO)n1. The molecule has 2 aliphatic rings. The van der Waals surface area contributed by atoms with Crippen molar-refractivity contribution in [2.75, 3.05) is 41.8 Å². The average Bonchev–Trinajstić information content (AvgIpc) is 2.91. The fourth-order valence-electron chi connectivity index (χ4n) is 3.19. The first-order chi connectivity index (χ1) is 10.3. The van der Waals surface area contributed by atoms with Gasteiger partial charge in [0.2, 0.25) is 17.8 Å². The van der Waals surface area contributed by atoms with Gasteiger partial charge in [-0.25, -0.2) is 0 Å². The van der Waals surface area contributed by atoms with Crippen LogP contribution < -0.4 is 15.5 Å². The van der Waals surface area contributed by atoms with Crippen LogP contribution >= 0.6 is 0 Å². The van der Waals surface area contributed by atoms with E-state index in [9.17, 15) is 5.11 Å². The van der Waals surface area contributed by atoms with Gasteiger partial charge in [-0.3, -0.25) is 0 Å². The number of nitrogen functional groups attached to an aromatic ring is 1. The van der Waals surface area contributed by atoms with E-state index in [0.717, 1.165) is 38.9 Å².